The number of hydrogen-bond acceptors (Lipinski definition) is 7. The second-order valence-corrected chi connectivity index (χ2v) is 10.1. The number of H-pyrrole nitrogens is 1. The van der Waals surface area contributed by atoms with Crippen molar-refractivity contribution in [3.05, 3.63) is 76.8 Å². The first-order valence-corrected chi connectivity index (χ1v) is 13.3. The van der Waals surface area contributed by atoms with Crippen molar-refractivity contribution < 1.29 is 37.1 Å². The zero-order chi connectivity index (χ0) is 28.2. The van der Waals surface area contributed by atoms with E-state index in [1.807, 2.05) is 18.2 Å². The SMILES string of the molecule is COc1cc(Cc2[nH+]ccc3cc(OC)c(OC)cc23)c([N-]S(=O)(=O)c2ccc(NC(C)=O)cc2)cc1OC. The van der Waals surface area contributed by atoms with Crippen LogP contribution in [0.1, 0.15) is 18.2 Å². The Morgan fingerprint density at radius 2 is 1.44 bits per heavy atom. The molecule has 0 spiro atoms. The summed E-state index contributed by atoms with van der Waals surface area (Å²) in [4.78, 5) is 14.5. The summed E-state index contributed by atoms with van der Waals surface area (Å²) in [5.41, 5.74) is 2.06. The van der Waals surface area contributed by atoms with Crippen molar-refractivity contribution in [3.8, 4) is 23.0 Å². The molecule has 10 nitrogen and oxygen atoms in total. The molecule has 39 heavy (non-hydrogen) atoms. The number of rotatable bonds is 10. The smallest absolute Gasteiger partial charge is 0.221 e. The molecule has 2 N–H and O–H groups in total. The number of carbonyl (C=O) groups excluding carboxylic acids is 1. The number of amides is 1. The predicted molar refractivity (Wildman–Crippen MR) is 147 cm³/mol. The largest absolute Gasteiger partial charge is 0.572 e. The van der Waals surface area contributed by atoms with Crippen molar-refractivity contribution in [2.24, 2.45) is 0 Å². The van der Waals surface area contributed by atoms with E-state index < -0.39 is 10.0 Å². The summed E-state index contributed by atoms with van der Waals surface area (Å²) >= 11 is 0. The van der Waals surface area contributed by atoms with Gasteiger partial charge in [0.25, 0.3) is 0 Å². The second-order valence-electron chi connectivity index (χ2n) is 8.54. The fourth-order valence-corrected chi connectivity index (χ4v) is 5.19. The fourth-order valence-electron chi connectivity index (χ4n) is 4.17. The van der Waals surface area contributed by atoms with Gasteiger partial charge < -0.3 is 29.0 Å². The Morgan fingerprint density at radius 1 is 0.846 bits per heavy atom. The molecule has 0 atom stereocenters. The molecule has 3 aromatic carbocycles. The van der Waals surface area contributed by atoms with Crippen LogP contribution in [0.15, 0.2) is 65.7 Å². The van der Waals surface area contributed by atoms with E-state index in [0.717, 1.165) is 16.5 Å². The van der Waals surface area contributed by atoms with Crippen LogP contribution in [0.25, 0.3) is 15.5 Å². The number of nitrogens with one attached hydrogen (secondary N) is 2. The van der Waals surface area contributed by atoms with Crippen LogP contribution >= 0.6 is 0 Å². The van der Waals surface area contributed by atoms with Crippen LogP contribution < -0.4 is 29.2 Å². The van der Waals surface area contributed by atoms with Gasteiger partial charge in [-0.05, 0) is 59.5 Å². The van der Waals surface area contributed by atoms with Crippen LogP contribution in [-0.4, -0.2) is 42.8 Å². The number of sulfonamides is 1. The topological polar surface area (TPSA) is 128 Å². The standard InChI is InChI=1S/C28H28N3O7S/c1-17(32)30-20-6-8-21(9-7-20)39(33,34)31-23-16-28(38-5)26(36-3)14-19(23)12-24-22-15-27(37-4)25(35-2)13-18(22)10-11-29-24/h6-11,13-16H,12H2,1-5H3,(H,30,32)/q-1/p+1. The van der Waals surface area contributed by atoms with Crippen LogP contribution in [0.5, 0.6) is 23.0 Å². The summed E-state index contributed by atoms with van der Waals surface area (Å²) in [6.45, 7) is 1.37. The molecule has 0 aliphatic carbocycles. The van der Waals surface area contributed by atoms with Crippen molar-refractivity contribution in [2.45, 2.75) is 18.2 Å². The van der Waals surface area contributed by atoms with Crippen molar-refractivity contribution in [3.63, 3.8) is 0 Å². The highest BCUT2D eigenvalue weighted by Gasteiger charge is 2.17. The number of anilines is 1. The Labute approximate surface area is 226 Å². The fraction of sp³-hybridized carbons (Fsp3) is 0.214. The number of methoxy groups -OCH3 is 4. The average molecular weight is 552 g/mol. The Hall–Kier alpha value is -4.51. The zero-order valence-electron chi connectivity index (χ0n) is 22.2. The van der Waals surface area contributed by atoms with Crippen molar-refractivity contribution >= 4 is 38.1 Å². The van der Waals surface area contributed by atoms with Crippen LogP contribution in [0.2, 0.25) is 0 Å². The first kappa shape index (κ1) is 27.5. The molecule has 0 aliphatic heterocycles. The summed E-state index contributed by atoms with van der Waals surface area (Å²) < 4.78 is 52.6. The van der Waals surface area contributed by atoms with Gasteiger partial charge in [0.05, 0.1) is 45.1 Å². The quantitative estimate of drug-likeness (QED) is 0.304. The summed E-state index contributed by atoms with van der Waals surface area (Å²) in [5.74, 6) is 1.67. The normalized spacial score (nSPS) is 11.1. The zero-order valence-corrected chi connectivity index (χ0v) is 23.0. The number of benzene rings is 3. The van der Waals surface area contributed by atoms with E-state index in [1.54, 1.807) is 26.5 Å². The van der Waals surface area contributed by atoms with Crippen LogP contribution in [0.4, 0.5) is 11.4 Å². The maximum atomic E-state index is 13.3. The molecule has 0 fully saturated rings. The minimum absolute atomic E-state index is 0.0223. The van der Waals surface area contributed by atoms with Gasteiger partial charge in [-0.25, -0.2) is 13.4 Å². The number of hydrogen-bond donors (Lipinski definition) is 1. The van der Waals surface area contributed by atoms with Gasteiger partial charge in [0, 0.05) is 18.7 Å². The monoisotopic (exact) mass is 551 g/mol. The first-order valence-electron chi connectivity index (χ1n) is 11.8. The first-order chi connectivity index (χ1) is 18.7. The molecule has 0 radical (unpaired) electrons. The van der Waals surface area contributed by atoms with Crippen molar-refractivity contribution in [1.29, 1.82) is 0 Å². The molecular formula is C28H29N3O7S. The van der Waals surface area contributed by atoms with Gasteiger partial charge >= 0.3 is 0 Å². The van der Waals surface area contributed by atoms with E-state index in [9.17, 15) is 13.2 Å². The third-order valence-electron chi connectivity index (χ3n) is 6.04. The maximum absolute atomic E-state index is 13.3. The van der Waals surface area contributed by atoms with E-state index in [0.29, 0.717) is 40.7 Å². The molecule has 1 aromatic heterocycles. The third kappa shape index (κ3) is 5.99. The number of nitrogens with zero attached hydrogens (tertiary/aromatic N) is 1. The lowest BCUT2D eigenvalue weighted by atomic mass is 10.0. The molecular weight excluding hydrogens is 522 g/mol. The van der Waals surface area contributed by atoms with Crippen LogP contribution in [0.3, 0.4) is 0 Å². The van der Waals surface area contributed by atoms with Crippen molar-refractivity contribution in [2.75, 3.05) is 33.8 Å². The Bertz CT molecular complexity index is 1620. The van der Waals surface area contributed by atoms with Gasteiger partial charge in [-0.15, -0.1) is 5.69 Å². The number of fused-ring (bicyclic) bond motifs is 1. The second kappa shape index (κ2) is 11.5. The third-order valence-corrected chi connectivity index (χ3v) is 7.35. The Morgan fingerprint density at radius 3 is 2.05 bits per heavy atom. The number of ether oxygens (including phenoxy) is 4. The molecule has 0 saturated heterocycles. The minimum atomic E-state index is -4.11. The van der Waals surface area contributed by atoms with Gasteiger partial charge in [-0.3, -0.25) is 4.79 Å². The molecule has 1 amide bonds. The highest BCUT2D eigenvalue weighted by atomic mass is 32.2. The van der Waals surface area contributed by atoms with E-state index in [2.05, 4.69) is 15.0 Å². The maximum Gasteiger partial charge on any atom is 0.221 e. The summed E-state index contributed by atoms with van der Waals surface area (Å²) in [6.07, 6.45) is 2.09. The molecule has 4 aromatic rings. The Kier molecular flexibility index (Phi) is 8.10. The highest BCUT2D eigenvalue weighted by molar-refractivity contribution is 7.94. The van der Waals surface area contributed by atoms with E-state index in [-0.39, 0.29) is 16.5 Å². The van der Waals surface area contributed by atoms with Crippen LogP contribution in [0, 0.1) is 0 Å². The van der Waals surface area contributed by atoms with Gasteiger partial charge in [-0.2, -0.15) is 0 Å². The van der Waals surface area contributed by atoms with Gasteiger partial charge in [-0.1, -0.05) is 0 Å². The predicted octanol–water partition coefficient (Wildman–Crippen LogP) is 4.63. The summed E-state index contributed by atoms with van der Waals surface area (Å²) in [5, 5.41) is 4.39. The van der Waals surface area contributed by atoms with Crippen molar-refractivity contribution in [1.82, 2.24) is 0 Å². The lowest BCUT2D eigenvalue weighted by molar-refractivity contribution is -0.387. The van der Waals surface area contributed by atoms with Gasteiger partial charge in [0.15, 0.2) is 34.9 Å². The lowest BCUT2D eigenvalue weighted by Crippen LogP contribution is -2.12. The number of aromatic amines is 1. The molecule has 4 rings (SSSR count). The molecule has 0 unspecified atom stereocenters. The highest BCUT2D eigenvalue weighted by Crippen LogP contribution is 2.41. The van der Waals surface area contributed by atoms with E-state index in [4.69, 9.17) is 18.9 Å². The number of carbonyl (C=O) groups is 1. The van der Waals surface area contributed by atoms with Gasteiger partial charge in [0.2, 0.25) is 5.91 Å². The van der Waals surface area contributed by atoms with Crippen LogP contribution in [-0.2, 0) is 21.2 Å². The molecule has 0 aliphatic rings. The number of aromatic nitrogens is 1. The van der Waals surface area contributed by atoms with E-state index >= 15 is 0 Å². The van der Waals surface area contributed by atoms with Gasteiger partial charge in [0.1, 0.15) is 10.0 Å². The average Bonchev–Trinajstić information content (AvgIpc) is 2.92. The molecule has 11 heteroatoms. The molecule has 0 saturated carbocycles. The summed E-state index contributed by atoms with van der Waals surface area (Å²) in [6, 6.07) is 14.7. The Balaban J connectivity index is 1.77. The molecule has 1 heterocycles. The molecule has 204 valence electrons. The summed E-state index contributed by atoms with van der Waals surface area (Å²) in [7, 11) is 2.00. The van der Waals surface area contributed by atoms with E-state index in [1.165, 1.54) is 51.5 Å². The molecule has 0 bridgehead atoms. The number of pyridine rings is 1. The lowest BCUT2D eigenvalue weighted by Gasteiger charge is -2.26. The minimum Gasteiger partial charge on any atom is -0.572 e.